The summed E-state index contributed by atoms with van der Waals surface area (Å²) in [6.07, 6.45) is 1.17. The Bertz CT molecular complexity index is 360. The fourth-order valence-electron chi connectivity index (χ4n) is 2.24. The van der Waals surface area contributed by atoms with Crippen LogP contribution < -0.4 is 5.32 Å². The van der Waals surface area contributed by atoms with Gasteiger partial charge in [-0.05, 0) is 42.0 Å². The van der Waals surface area contributed by atoms with Gasteiger partial charge in [0.15, 0.2) is 0 Å². The molecule has 0 radical (unpaired) electrons. The fraction of sp³-hybridized carbons (Fsp3) is 0.571. The molecule has 1 N–H and O–H groups in total. The van der Waals surface area contributed by atoms with Crippen LogP contribution in [0.1, 0.15) is 50.4 Å². The second-order valence-corrected chi connectivity index (χ2v) is 5.59. The van der Waals surface area contributed by atoms with Gasteiger partial charge >= 0.3 is 0 Å². The third-order valence-electron chi connectivity index (χ3n) is 3.32. The number of rotatable bonds is 0. The maximum absolute atomic E-state index is 3.50. The molecule has 1 nitrogen and oxygen atoms in total. The molecule has 1 unspecified atom stereocenters. The standard InChI is InChI=1S/C14H21N/c1-10-13-6-5-12(14(2,3)4)9-11(13)7-8-15-10/h5-6,9-10,15H,7-8H2,1-4H3. The van der Waals surface area contributed by atoms with Crippen molar-refractivity contribution in [2.45, 2.75) is 45.6 Å². The van der Waals surface area contributed by atoms with Crippen LogP contribution in [0.5, 0.6) is 0 Å². The van der Waals surface area contributed by atoms with E-state index in [1.54, 1.807) is 0 Å². The third-order valence-corrected chi connectivity index (χ3v) is 3.32. The first-order chi connectivity index (χ1) is 6.98. The van der Waals surface area contributed by atoms with Gasteiger partial charge in [-0.3, -0.25) is 0 Å². The maximum atomic E-state index is 3.50. The highest BCUT2D eigenvalue weighted by atomic mass is 14.9. The highest BCUT2D eigenvalue weighted by Crippen LogP contribution is 2.28. The Kier molecular flexibility index (Phi) is 2.59. The molecular weight excluding hydrogens is 182 g/mol. The molecule has 2 rings (SSSR count). The van der Waals surface area contributed by atoms with Gasteiger partial charge < -0.3 is 5.32 Å². The van der Waals surface area contributed by atoms with Gasteiger partial charge in [-0.15, -0.1) is 0 Å². The molecular formula is C14H21N. The van der Waals surface area contributed by atoms with Crippen LogP contribution in [0, 0.1) is 0 Å². The minimum absolute atomic E-state index is 0.267. The Balaban J connectivity index is 2.42. The van der Waals surface area contributed by atoms with Gasteiger partial charge in [0.05, 0.1) is 0 Å². The van der Waals surface area contributed by atoms with E-state index in [4.69, 9.17) is 0 Å². The van der Waals surface area contributed by atoms with Crippen LogP contribution in [0.15, 0.2) is 18.2 Å². The zero-order chi connectivity index (χ0) is 11.1. The molecule has 0 spiro atoms. The number of nitrogens with one attached hydrogen (secondary N) is 1. The lowest BCUT2D eigenvalue weighted by atomic mass is 9.83. The van der Waals surface area contributed by atoms with Crippen LogP contribution in [-0.4, -0.2) is 6.54 Å². The lowest BCUT2D eigenvalue weighted by molar-refractivity contribution is 0.535. The summed E-state index contributed by atoms with van der Waals surface area (Å²) in [6.45, 7) is 10.2. The van der Waals surface area contributed by atoms with Gasteiger partial charge in [-0.25, -0.2) is 0 Å². The van der Waals surface area contributed by atoms with Gasteiger partial charge in [0.1, 0.15) is 0 Å². The normalized spacial score (nSPS) is 21.2. The van der Waals surface area contributed by atoms with Crippen molar-refractivity contribution in [2.24, 2.45) is 0 Å². The van der Waals surface area contributed by atoms with Gasteiger partial charge in [-0.2, -0.15) is 0 Å². The van der Waals surface area contributed by atoms with E-state index in [2.05, 4.69) is 51.2 Å². The van der Waals surface area contributed by atoms with Crippen molar-refractivity contribution in [2.75, 3.05) is 6.54 Å². The van der Waals surface area contributed by atoms with Gasteiger partial charge in [-0.1, -0.05) is 39.0 Å². The SMILES string of the molecule is CC1NCCc2cc(C(C)(C)C)ccc21. The summed E-state index contributed by atoms with van der Waals surface area (Å²) in [5, 5.41) is 3.50. The Morgan fingerprint density at radius 1 is 1.27 bits per heavy atom. The molecule has 0 bridgehead atoms. The summed E-state index contributed by atoms with van der Waals surface area (Å²) in [6, 6.07) is 7.49. The largest absolute Gasteiger partial charge is 0.310 e. The molecule has 1 aromatic carbocycles. The predicted molar refractivity (Wildman–Crippen MR) is 65.3 cm³/mol. The zero-order valence-corrected chi connectivity index (χ0v) is 10.2. The Morgan fingerprint density at radius 3 is 2.67 bits per heavy atom. The van der Waals surface area contributed by atoms with E-state index in [0.717, 1.165) is 6.54 Å². The van der Waals surface area contributed by atoms with E-state index in [1.165, 1.54) is 23.1 Å². The molecule has 1 atom stereocenters. The zero-order valence-electron chi connectivity index (χ0n) is 10.2. The van der Waals surface area contributed by atoms with Crippen molar-refractivity contribution in [1.82, 2.24) is 5.32 Å². The average molecular weight is 203 g/mol. The second kappa shape index (κ2) is 3.64. The van der Waals surface area contributed by atoms with Crippen LogP contribution in [0.3, 0.4) is 0 Å². The monoisotopic (exact) mass is 203 g/mol. The van der Waals surface area contributed by atoms with Crippen molar-refractivity contribution in [1.29, 1.82) is 0 Å². The average Bonchev–Trinajstić information content (AvgIpc) is 2.16. The molecule has 82 valence electrons. The smallest absolute Gasteiger partial charge is 0.0294 e. The minimum Gasteiger partial charge on any atom is -0.310 e. The minimum atomic E-state index is 0.267. The molecule has 1 aliphatic rings. The van der Waals surface area contributed by atoms with E-state index in [1.807, 2.05) is 0 Å². The van der Waals surface area contributed by atoms with Crippen LogP contribution >= 0.6 is 0 Å². The van der Waals surface area contributed by atoms with Crippen molar-refractivity contribution in [3.05, 3.63) is 34.9 Å². The van der Waals surface area contributed by atoms with Gasteiger partial charge in [0.2, 0.25) is 0 Å². The van der Waals surface area contributed by atoms with E-state index in [-0.39, 0.29) is 5.41 Å². The molecule has 0 aromatic heterocycles. The molecule has 1 aromatic rings. The van der Waals surface area contributed by atoms with Crippen molar-refractivity contribution in [3.8, 4) is 0 Å². The highest BCUT2D eigenvalue weighted by Gasteiger charge is 2.19. The Labute approximate surface area is 92.9 Å². The van der Waals surface area contributed by atoms with Crippen LogP contribution in [0.25, 0.3) is 0 Å². The lowest BCUT2D eigenvalue weighted by Crippen LogP contribution is -2.28. The second-order valence-electron chi connectivity index (χ2n) is 5.59. The molecule has 1 heteroatoms. The number of hydrogen-bond donors (Lipinski definition) is 1. The predicted octanol–water partition coefficient (Wildman–Crippen LogP) is 3.19. The third kappa shape index (κ3) is 2.07. The first-order valence-corrected chi connectivity index (χ1v) is 5.85. The van der Waals surface area contributed by atoms with Crippen molar-refractivity contribution >= 4 is 0 Å². The summed E-state index contributed by atoms with van der Waals surface area (Å²) in [5.41, 5.74) is 4.74. The summed E-state index contributed by atoms with van der Waals surface area (Å²) in [5.74, 6) is 0. The summed E-state index contributed by atoms with van der Waals surface area (Å²) in [7, 11) is 0. The quantitative estimate of drug-likeness (QED) is 0.683. The molecule has 0 fully saturated rings. The molecule has 15 heavy (non-hydrogen) atoms. The fourth-order valence-corrected chi connectivity index (χ4v) is 2.24. The first-order valence-electron chi connectivity index (χ1n) is 5.85. The molecule has 0 saturated carbocycles. The molecule has 0 aliphatic carbocycles. The summed E-state index contributed by atoms with van der Waals surface area (Å²) >= 11 is 0. The Morgan fingerprint density at radius 2 is 2.00 bits per heavy atom. The molecule has 1 heterocycles. The van der Waals surface area contributed by atoms with Crippen molar-refractivity contribution in [3.63, 3.8) is 0 Å². The lowest BCUT2D eigenvalue weighted by Gasteiger charge is -2.27. The summed E-state index contributed by atoms with van der Waals surface area (Å²) < 4.78 is 0. The topological polar surface area (TPSA) is 12.0 Å². The Hall–Kier alpha value is -0.820. The van der Waals surface area contributed by atoms with Crippen LogP contribution in [-0.2, 0) is 11.8 Å². The highest BCUT2D eigenvalue weighted by molar-refractivity contribution is 5.38. The summed E-state index contributed by atoms with van der Waals surface area (Å²) in [4.78, 5) is 0. The number of fused-ring (bicyclic) bond motifs is 1. The van der Waals surface area contributed by atoms with Crippen LogP contribution in [0.4, 0.5) is 0 Å². The first kappa shape index (κ1) is 10.7. The molecule has 1 aliphatic heterocycles. The van der Waals surface area contributed by atoms with Gasteiger partial charge in [0.25, 0.3) is 0 Å². The van der Waals surface area contributed by atoms with E-state index >= 15 is 0 Å². The van der Waals surface area contributed by atoms with Crippen molar-refractivity contribution < 1.29 is 0 Å². The molecule has 0 amide bonds. The number of benzene rings is 1. The van der Waals surface area contributed by atoms with E-state index < -0.39 is 0 Å². The molecule has 0 saturated heterocycles. The van der Waals surface area contributed by atoms with E-state index in [9.17, 15) is 0 Å². The van der Waals surface area contributed by atoms with Crippen LogP contribution in [0.2, 0.25) is 0 Å². The van der Waals surface area contributed by atoms with Gasteiger partial charge in [0, 0.05) is 6.04 Å². The maximum Gasteiger partial charge on any atom is 0.0294 e. The van der Waals surface area contributed by atoms with E-state index in [0.29, 0.717) is 6.04 Å². The number of hydrogen-bond acceptors (Lipinski definition) is 1.